The summed E-state index contributed by atoms with van der Waals surface area (Å²) in [6, 6.07) is 18.9. The van der Waals surface area contributed by atoms with Gasteiger partial charge in [0.1, 0.15) is 5.57 Å². The lowest BCUT2D eigenvalue weighted by Gasteiger charge is -2.38. The fraction of sp³-hybridized carbons (Fsp3) is 0.267. The van der Waals surface area contributed by atoms with E-state index in [0.717, 1.165) is 6.26 Å². The van der Waals surface area contributed by atoms with Crippen molar-refractivity contribution in [3.63, 3.8) is 0 Å². The van der Waals surface area contributed by atoms with Crippen molar-refractivity contribution in [1.82, 2.24) is 4.90 Å². The fourth-order valence-corrected chi connectivity index (χ4v) is 6.28. The second-order valence-corrected chi connectivity index (χ2v) is 12.6. The van der Waals surface area contributed by atoms with Gasteiger partial charge in [0.05, 0.1) is 11.4 Å². The molecule has 1 fully saturated rings. The molecule has 1 N–H and O–H groups in total. The number of aliphatic hydroxyl groups excluding tert-OH is 1. The first kappa shape index (κ1) is 29.8. The van der Waals surface area contributed by atoms with Crippen molar-refractivity contribution >= 4 is 51.2 Å². The highest BCUT2D eigenvalue weighted by atomic mass is 35.5. The molecular weight excluding hydrogens is 573 g/mol. The molecule has 0 aromatic heterocycles. The quantitative estimate of drug-likeness (QED) is 0.286. The van der Waals surface area contributed by atoms with Crippen molar-refractivity contribution < 1.29 is 27.9 Å². The number of sulfone groups is 1. The molecule has 2 heterocycles. The minimum Gasteiger partial charge on any atom is -0.507 e. The summed E-state index contributed by atoms with van der Waals surface area (Å²) in [6.45, 7) is 2.79. The second kappa shape index (κ2) is 11.4. The summed E-state index contributed by atoms with van der Waals surface area (Å²) in [5.41, 5.74) is 1.76. The minimum absolute atomic E-state index is 0. The number of aryl methyl sites for hydroxylation is 1. The zero-order valence-corrected chi connectivity index (χ0v) is 24.4. The summed E-state index contributed by atoms with van der Waals surface area (Å²) in [4.78, 5) is 28.0. The van der Waals surface area contributed by atoms with Gasteiger partial charge in [-0.2, -0.15) is 0 Å². The fourth-order valence-electron chi connectivity index (χ4n) is 5.34. The smallest absolute Gasteiger partial charge is 0.343 e. The molecule has 40 heavy (non-hydrogen) atoms. The van der Waals surface area contributed by atoms with E-state index in [-0.39, 0.29) is 47.5 Å². The van der Waals surface area contributed by atoms with Gasteiger partial charge in [0, 0.05) is 29.0 Å². The summed E-state index contributed by atoms with van der Waals surface area (Å²) in [5, 5.41) is 11.7. The zero-order valence-electron chi connectivity index (χ0n) is 22.0. The van der Waals surface area contributed by atoms with E-state index in [2.05, 4.69) is 0 Å². The average Bonchev–Trinajstić information content (AvgIpc) is 3.13. The van der Waals surface area contributed by atoms with E-state index in [9.17, 15) is 23.1 Å². The largest absolute Gasteiger partial charge is 0.507 e. The second-order valence-electron chi connectivity index (χ2n) is 10.2. The normalized spacial score (nSPS) is 19.4. The number of piperidine rings is 1. The summed E-state index contributed by atoms with van der Waals surface area (Å²) >= 11 is 6.64. The number of aliphatic hydroxyl groups is 1. The Morgan fingerprint density at radius 1 is 1.07 bits per heavy atom. The number of benzene rings is 3. The van der Waals surface area contributed by atoms with Crippen molar-refractivity contribution in [3.05, 3.63) is 94.2 Å². The summed E-state index contributed by atoms with van der Waals surface area (Å²) < 4.78 is 29.9. The number of halogens is 2. The van der Waals surface area contributed by atoms with Crippen molar-refractivity contribution in [1.29, 1.82) is 0 Å². The number of likely N-dealkylation sites (tertiary alicyclic amines) is 1. The molecule has 1 unspecified atom stereocenters. The lowest BCUT2D eigenvalue weighted by atomic mass is 9.87. The summed E-state index contributed by atoms with van der Waals surface area (Å²) in [6.07, 6.45) is 2.22. The van der Waals surface area contributed by atoms with Gasteiger partial charge in [0.25, 0.3) is 0 Å². The summed E-state index contributed by atoms with van der Waals surface area (Å²) in [7, 11) is -3.41. The maximum atomic E-state index is 13.1. The van der Waals surface area contributed by atoms with Crippen LogP contribution in [0.3, 0.4) is 0 Å². The number of ketones is 1. The Kier molecular flexibility index (Phi) is 8.47. The molecule has 210 valence electrons. The van der Waals surface area contributed by atoms with Gasteiger partial charge < -0.3 is 9.84 Å². The number of Topliss-reactive ketones (excluding diaryl/α,β-unsaturated/α-hetero) is 1. The van der Waals surface area contributed by atoms with E-state index in [1.54, 1.807) is 49.4 Å². The molecule has 0 saturated carbocycles. The molecule has 0 amide bonds. The maximum Gasteiger partial charge on any atom is 0.343 e. The van der Waals surface area contributed by atoms with Crippen LogP contribution in [0.1, 0.15) is 34.3 Å². The van der Waals surface area contributed by atoms with E-state index >= 15 is 0 Å². The van der Waals surface area contributed by atoms with Crippen LogP contribution >= 0.6 is 24.0 Å². The van der Waals surface area contributed by atoms with Gasteiger partial charge in [-0.15, -0.1) is 12.4 Å². The molecule has 1 atom stereocenters. The molecule has 3 aromatic carbocycles. The number of hydrogen-bond acceptors (Lipinski definition) is 7. The van der Waals surface area contributed by atoms with Gasteiger partial charge in [-0.3, -0.25) is 9.69 Å². The molecule has 1 spiro atoms. The molecule has 3 aromatic rings. The third kappa shape index (κ3) is 5.67. The maximum absolute atomic E-state index is 13.1. The van der Waals surface area contributed by atoms with E-state index in [1.807, 2.05) is 23.1 Å². The van der Waals surface area contributed by atoms with E-state index in [1.165, 1.54) is 6.07 Å². The van der Waals surface area contributed by atoms with Crippen molar-refractivity contribution in [3.8, 4) is 11.1 Å². The van der Waals surface area contributed by atoms with Crippen LogP contribution in [-0.2, 0) is 19.4 Å². The van der Waals surface area contributed by atoms with Crippen LogP contribution in [0.5, 0.6) is 0 Å². The zero-order chi connectivity index (χ0) is 27.9. The lowest BCUT2D eigenvalue weighted by molar-refractivity contribution is -0.151. The topological polar surface area (TPSA) is 101 Å². The average molecular weight is 603 g/mol. The molecule has 2 aliphatic heterocycles. The van der Waals surface area contributed by atoms with E-state index in [4.69, 9.17) is 16.3 Å². The van der Waals surface area contributed by atoms with Crippen LogP contribution in [-0.4, -0.2) is 61.7 Å². The van der Waals surface area contributed by atoms with Crippen molar-refractivity contribution in [2.45, 2.75) is 30.3 Å². The highest BCUT2D eigenvalue weighted by Gasteiger charge is 2.51. The monoisotopic (exact) mass is 601 g/mol. The third-order valence-electron chi connectivity index (χ3n) is 7.31. The van der Waals surface area contributed by atoms with Crippen LogP contribution in [0, 0.1) is 6.92 Å². The molecular formula is C30H29Cl2NO6S. The highest BCUT2D eigenvalue weighted by Crippen LogP contribution is 2.44. The molecule has 0 bridgehead atoms. The molecule has 0 radical (unpaired) electrons. The van der Waals surface area contributed by atoms with Crippen LogP contribution in [0.25, 0.3) is 16.7 Å². The van der Waals surface area contributed by atoms with Crippen LogP contribution in [0.4, 0.5) is 0 Å². The van der Waals surface area contributed by atoms with Gasteiger partial charge >= 0.3 is 5.97 Å². The van der Waals surface area contributed by atoms with Crippen LogP contribution < -0.4 is 0 Å². The standard InChI is InChI=1S/C30H28ClNO6S.ClH/c1-19-14-24(21-10-6-11-22(15-21)39(2,36)37)25(31)16-23(19)27-28(34)30(38-29(27)35)12-7-13-32(18-30)17-26(33)20-8-4-3-5-9-20;/h3-6,8-11,14-16,34H,7,12-13,17-18H2,1-2H3;1H. The van der Waals surface area contributed by atoms with Gasteiger partial charge in [0.15, 0.2) is 27.0 Å². The Hall–Kier alpha value is -3.17. The third-order valence-corrected chi connectivity index (χ3v) is 8.74. The number of hydrogen-bond donors (Lipinski definition) is 1. The Balaban J connectivity index is 0.00000370. The first-order valence-corrected chi connectivity index (χ1v) is 14.8. The first-order valence-electron chi connectivity index (χ1n) is 12.6. The number of carbonyl (C=O) groups excluding carboxylic acids is 2. The Bertz CT molecular complexity index is 1620. The molecule has 0 aliphatic carbocycles. The predicted octanol–water partition coefficient (Wildman–Crippen LogP) is 5.68. The molecule has 1 saturated heterocycles. The molecule has 2 aliphatic rings. The van der Waals surface area contributed by atoms with Crippen LogP contribution in [0.15, 0.2) is 77.4 Å². The highest BCUT2D eigenvalue weighted by molar-refractivity contribution is 7.90. The van der Waals surface area contributed by atoms with E-state index in [0.29, 0.717) is 52.2 Å². The predicted molar refractivity (Wildman–Crippen MR) is 157 cm³/mol. The van der Waals surface area contributed by atoms with Gasteiger partial charge in [-0.05, 0) is 67.3 Å². The first-order chi connectivity index (χ1) is 18.5. The Labute approximate surface area is 244 Å². The SMILES string of the molecule is Cc1cc(-c2cccc(S(C)(=O)=O)c2)c(Cl)cc1C1=C(O)C2(CCCN(CC(=O)c3ccccc3)C2)OC1=O.Cl. The van der Waals surface area contributed by atoms with Gasteiger partial charge in [-0.25, -0.2) is 13.2 Å². The molecule has 7 nitrogen and oxygen atoms in total. The minimum atomic E-state index is -3.41. The number of carbonyl (C=O) groups is 2. The summed E-state index contributed by atoms with van der Waals surface area (Å²) in [5.74, 6) is -0.844. The lowest BCUT2D eigenvalue weighted by Crippen LogP contribution is -2.51. The number of rotatable bonds is 6. The number of nitrogens with zero attached hydrogens (tertiary/aromatic N) is 1. The molecule has 5 rings (SSSR count). The Morgan fingerprint density at radius 2 is 1.80 bits per heavy atom. The van der Waals surface area contributed by atoms with E-state index < -0.39 is 21.4 Å². The van der Waals surface area contributed by atoms with Crippen molar-refractivity contribution in [2.75, 3.05) is 25.9 Å². The van der Waals surface area contributed by atoms with Gasteiger partial charge in [0.2, 0.25) is 0 Å². The van der Waals surface area contributed by atoms with Gasteiger partial charge in [-0.1, -0.05) is 54.1 Å². The Morgan fingerprint density at radius 3 is 2.50 bits per heavy atom. The van der Waals surface area contributed by atoms with Crippen LogP contribution in [0.2, 0.25) is 5.02 Å². The molecule has 10 heteroatoms. The number of esters is 1. The van der Waals surface area contributed by atoms with Crippen molar-refractivity contribution in [2.24, 2.45) is 0 Å². The number of ether oxygens (including phenoxy) is 1.